The van der Waals surface area contributed by atoms with E-state index >= 15 is 0 Å². The molecule has 1 aliphatic heterocycles. The molecular formula is C20H22N4O4. The van der Waals surface area contributed by atoms with Crippen LogP contribution in [0.25, 0.3) is 0 Å². The van der Waals surface area contributed by atoms with Crippen molar-refractivity contribution in [2.24, 2.45) is 0 Å². The number of anilines is 1. The Bertz CT molecular complexity index is 839. The van der Waals surface area contributed by atoms with Crippen LogP contribution in [0.3, 0.4) is 0 Å². The van der Waals surface area contributed by atoms with Crippen molar-refractivity contribution in [3.05, 3.63) is 65.7 Å². The number of rotatable bonds is 5. The zero-order valence-electron chi connectivity index (χ0n) is 15.2. The van der Waals surface area contributed by atoms with E-state index in [0.717, 1.165) is 11.3 Å². The highest BCUT2D eigenvalue weighted by atomic mass is 16.4. The molecule has 0 radical (unpaired) electrons. The number of benzene rings is 2. The van der Waals surface area contributed by atoms with Gasteiger partial charge in [0, 0.05) is 31.4 Å². The Balaban J connectivity index is 1.41. The second-order valence-corrected chi connectivity index (χ2v) is 6.56. The van der Waals surface area contributed by atoms with Crippen LogP contribution in [0.4, 0.5) is 15.3 Å². The van der Waals surface area contributed by atoms with Crippen LogP contribution in [0.5, 0.6) is 0 Å². The predicted octanol–water partition coefficient (Wildman–Crippen LogP) is 2.49. The molecule has 1 heterocycles. The summed E-state index contributed by atoms with van der Waals surface area (Å²) in [5.74, 6) is -0.987. The first-order valence-electron chi connectivity index (χ1n) is 8.99. The van der Waals surface area contributed by atoms with Crippen molar-refractivity contribution in [1.29, 1.82) is 0 Å². The molecule has 1 saturated heterocycles. The molecule has 0 spiro atoms. The first-order chi connectivity index (χ1) is 13.5. The van der Waals surface area contributed by atoms with Crippen LogP contribution in [0.2, 0.25) is 0 Å². The number of hydrogen-bond acceptors (Lipinski definition) is 3. The van der Waals surface area contributed by atoms with Gasteiger partial charge in [0.15, 0.2) is 0 Å². The molecular weight excluding hydrogens is 360 g/mol. The largest absolute Gasteiger partial charge is 0.478 e. The minimum atomic E-state index is -0.987. The van der Waals surface area contributed by atoms with Gasteiger partial charge in [0.25, 0.3) is 0 Å². The van der Waals surface area contributed by atoms with Crippen molar-refractivity contribution in [3.8, 4) is 0 Å². The highest BCUT2D eigenvalue weighted by Gasteiger charge is 2.27. The van der Waals surface area contributed by atoms with Crippen molar-refractivity contribution < 1.29 is 19.5 Å². The normalized spacial score (nSPS) is 15.7. The molecule has 0 aliphatic carbocycles. The first kappa shape index (κ1) is 19.2. The van der Waals surface area contributed by atoms with E-state index in [9.17, 15) is 14.4 Å². The van der Waals surface area contributed by atoms with Crippen molar-refractivity contribution in [1.82, 2.24) is 15.5 Å². The summed E-state index contributed by atoms with van der Waals surface area (Å²) in [5, 5.41) is 17.3. The molecule has 1 aliphatic rings. The zero-order valence-corrected chi connectivity index (χ0v) is 15.2. The van der Waals surface area contributed by atoms with E-state index < -0.39 is 5.97 Å². The summed E-state index contributed by atoms with van der Waals surface area (Å²) < 4.78 is 0. The number of carboxylic acid groups (broad SMARTS) is 1. The van der Waals surface area contributed by atoms with Crippen LogP contribution in [-0.4, -0.2) is 47.2 Å². The van der Waals surface area contributed by atoms with Gasteiger partial charge in [-0.2, -0.15) is 0 Å². The van der Waals surface area contributed by atoms with Crippen molar-refractivity contribution in [2.45, 2.75) is 19.0 Å². The summed E-state index contributed by atoms with van der Waals surface area (Å²) in [7, 11) is 0. The standard InChI is InChI=1S/C20H22N4O4/c25-18(26)15-8-6-14(7-9-15)12-21-19(27)22-17-10-11-24(13-17)20(28)23-16-4-2-1-3-5-16/h1-9,17H,10-13H2,(H,23,28)(H,25,26)(H2,21,22,27). The topological polar surface area (TPSA) is 111 Å². The van der Waals surface area contributed by atoms with Gasteiger partial charge in [-0.1, -0.05) is 30.3 Å². The molecule has 3 rings (SSSR count). The van der Waals surface area contributed by atoms with E-state index in [0.29, 0.717) is 19.5 Å². The van der Waals surface area contributed by atoms with Gasteiger partial charge in [-0.25, -0.2) is 14.4 Å². The maximum Gasteiger partial charge on any atom is 0.335 e. The maximum absolute atomic E-state index is 12.3. The molecule has 1 fully saturated rings. The molecule has 8 nitrogen and oxygen atoms in total. The maximum atomic E-state index is 12.3. The quantitative estimate of drug-likeness (QED) is 0.637. The predicted molar refractivity (Wildman–Crippen MR) is 104 cm³/mol. The molecule has 2 aromatic carbocycles. The number of nitrogens with zero attached hydrogens (tertiary/aromatic N) is 1. The monoisotopic (exact) mass is 382 g/mol. The number of likely N-dealkylation sites (tertiary alicyclic amines) is 1. The fourth-order valence-electron chi connectivity index (χ4n) is 2.97. The lowest BCUT2D eigenvalue weighted by Crippen LogP contribution is -2.44. The molecule has 4 N–H and O–H groups in total. The van der Waals surface area contributed by atoms with Crippen molar-refractivity contribution in [2.75, 3.05) is 18.4 Å². The molecule has 1 unspecified atom stereocenters. The molecule has 146 valence electrons. The smallest absolute Gasteiger partial charge is 0.335 e. The van der Waals surface area contributed by atoms with E-state index in [1.54, 1.807) is 17.0 Å². The fourth-order valence-corrected chi connectivity index (χ4v) is 2.97. The molecule has 8 heteroatoms. The summed E-state index contributed by atoms with van der Waals surface area (Å²) in [4.78, 5) is 36.9. The number of aromatic carboxylic acids is 1. The van der Waals surface area contributed by atoms with Crippen LogP contribution < -0.4 is 16.0 Å². The first-order valence-corrected chi connectivity index (χ1v) is 8.99. The number of carbonyl (C=O) groups is 3. The van der Waals surface area contributed by atoms with E-state index in [-0.39, 0.29) is 30.2 Å². The Morgan fingerprint density at radius 1 is 1.04 bits per heavy atom. The Labute approximate surface area is 162 Å². The van der Waals surface area contributed by atoms with E-state index in [1.807, 2.05) is 30.3 Å². The molecule has 0 saturated carbocycles. The number of nitrogens with one attached hydrogen (secondary N) is 3. The Kier molecular flexibility index (Phi) is 6.11. The van der Waals surface area contributed by atoms with Crippen LogP contribution in [0.15, 0.2) is 54.6 Å². The number of carbonyl (C=O) groups excluding carboxylic acids is 2. The average Bonchev–Trinajstić information content (AvgIpc) is 3.16. The molecule has 0 aromatic heterocycles. The van der Waals surface area contributed by atoms with Gasteiger partial charge < -0.3 is 26.0 Å². The SMILES string of the molecule is O=C(NCc1ccc(C(=O)O)cc1)NC1CCN(C(=O)Nc2ccccc2)C1. The third kappa shape index (κ3) is 5.23. The average molecular weight is 382 g/mol. The zero-order chi connectivity index (χ0) is 19.9. The third-order valence-electron chi connectivity index (χ3n) is 4.49. The van der Waals surface area contributed by atoms with Gasteiger partial charge in [-0.15, -0.1) is 0 Å². The molecule has 28 heavy (non-hydrogen) atoms. The third-order valence-corrected chi connectivity index (χ3v) is 4.49. The Hall–Kier alpha value is -3.55. The highest BCUT2D eigenvalue weighted by Crippen LogP contribution is 2.13. The van der Waals surface area contributed by atoms with Crippen LogP contribution in [0, 0.1) is 0 Å². The Morgan fingerprint density at radius 2 is 1.75 bits per heavy atom. The van der Waals surface area contributed by atoms with E-state index in [2.05, 4.69) is 16.0 Å². The van der Waals surface area contributed by atoms with Crippen LogP contribution >= 0.6 is 0 Å². The lowest BCUT2D eigenvalue weighted by atomic mass is 10.1. The lowest BCUT2D eigenvalue weighted by molar-refractivity contribution is 0.0696. The molecule has 2 aromatic rings. The summed E-state index contributed by atoms with van der Waals surface area (Å²) in [6, 6.07) is 14.9. The minimum Gasteiger partial charge on any atom is -0.478 e. The lowest BCUT2D eigenvalue weighted by Gasteiger charge is -2.18. The van der Waals surface area contributed by atoms with Crippen molar-refractivity contribution in [3.63, 3.8) is 0 Å². The molecule has 0 bridgehead atoms. The van der Waals surface area contributed by atoms with Gasteiger partial charge in [-0.05, 0) is 36.2 Å². The van der Waals surface area contributed by atoms with Gasteiger partial charge in [0.1, 0.15) is 0 Å². The van der Waals surface area contributed by atoms with Gasteiger partial charge >= 0.3 is 18.0 Å². The number of hydrogen-bond donors (Lipinski definition) is 4. The minimum absolute atomic E-state index is 0.115. The van der Waals surface area contributed by atoms with Gasteiger partial charge in [0.05, 0.1) is 5.56 Å². The van der Waals surface area contributed by atoms with Crippen LogP contribution in [0.1, 0.15) is 22.3 Å². The molecule has 1 atom stereocenters. The summed E-state index contributed by atoms with van der Waals surface area (Å²) in [5.41, 5.74) is 1.74. The van der Waals surface area contributed by atoms with E-state index in [1.165, 1.54) is 12.1 Å². The number of amides is 4. The van der Waals surface area contributed by atoms with Gasteiger partial charge in [-0.3, -0.25) is 0 Å². The highest BCUT2D eigenvalue weighted by molar-refractivity contribution is 5.89. The number of para-hydroxylation sites is 1. The van der Waals surface area contributed by atoms with E-state index in [4.69, 9.17) is 5.11 Å². The summed E-state index contributed by atoms with van der Waals surface area (Å²) >= 11 is 0. The second kappa shape index (κ2) is 8.90. The van der Waals surface area contributed by atoms with Gasteiger partial charge in [0.2, 0.25) is 0 Å². The van der Waals surface area contributed by atoms with Crippen molar-refractivity contribution >= 4 is 23.7 Å². The summed E-state index contributed by atoms with van der Waals surface area (Å²) in [6.07, 6.45) is 0.683. The fraction of sp³-hybridized carbons (Fsp3) is 0.250. The van der Waals surface area contributed by atoms with Crippen LogP contribution in [-0.2, 0) is 6.54 Å². The second-order valence-electron chi connectivity index (χ2n) is 6.56. The molecule has 4 amide bonds. The Morgan fingerprint density at radius 3 is 2.43 bits per heavy atom. The number of urea groups is 2. The number of carboxylic acids is 1. The summed E-state index contributed by atoms with van der Waals surface area (Å²) in [6.45, 7) is 1.30.